The molecule has 1 fully saturated rings. The third-order valence-corrected chi connectivity index (χ3v) is 5.10. The number of ether oxygens (including phenoxy) is 1. The first-order chi connectivity index (χ1) is 12.3. The summed E-state index contributed by atoms with van der Waals surface area (Å²) in [5.74, 6) is 0.858. The Kier molecular flexibility index (Phi) is 4.59. The Morgan fingerprint density at radius 2 is 1.92 bits per heavy atom. The zero-order valence-corrected chi connectivity index (χ0v) is 15.7. The topological polar surface area (TPSA) is 55.2 Å². The van der Waals surface area contributed by atoms with Gasteiger partial charge in [0.2, 0.25) is 0 Å². The molecule has 6 nitrogen and oxygen atoms in total. The Morgan fingerprint density at radius 1 is 1.16 bits per heavy atom. The van der Waals surface area contributed by atoms with Crippen LogP contribution in [0.5, 0.6) is 5.75 Å². The van der Waals surface area contributed by atoms with E-state index >= 15 is 0 Å². The highest BCUT2D eigenvalue weighted by atomic mass is 79.9. The van der Waals surface area contributed by atoms with Gasteiger partial charge in [-0.3, -0.25) is 0 Å². The number of pyridine rings is 1. The van der Waals surface area contributed by atoms with Gasteiger partial charge in [-0.15, -0.1) is 0 Å². The lowest BCUT2D eigenvalue weighted by Gasteiger charge is -2.30. The predicted molar refractivity (Wildman–Crippen MR) is 102 cm³/mol. The molecule has 3 aromatic rings. The van der Waals surface area contributed by atoms with Crippen molar-refractivity contribution in [1.29, 1.82) is 0 Å². The molecule has 3 heterocycles. The number of aromatic nitrogens is 3. The van der Waals surface area contributed by atoms with Crippen molar-refractivity contribution in [3.05, 3.63) is 46.7 Å². The van der Waals surface area contributed by atoms with Crippen LogP contribution in [0.25, 0.3) is 11.0 Å². The number of nitrogens with one attached hydrogen (secondary N) is 1. The molecule has 0 aliphatic carbocycles. The number of fused-ring (bicyclic) bond motifs is 1. The molecule has 1 saturated heterocycles. The molecule has 25 heavy (non-hydrogen) atoms. The normalized spacial score (nSPS) is 14.9. The molecule has 0 radical (unpaired) electrons. The second-order valence-corrected chi connectivity index (χ2v) is 6.93. The molecular formula is C18H20BrN5O. The van der Waals surface area contributed by atoms with Gasteiger partial charge in [0, 0.05) is 32.4 Å². The van der Waals surface area contributed by atoms with Gasteiger partial charge in [-0.25, -0.2) is 9.67 Å². The standard InChI is InChI=1S/C18H20BrN5O/c1-25-14-4-2-13(3-5-14)12-24-18-15(10-22-24)17(16(19)11-21-18)23-8-6-20-7-9-23/h2-5,10-11,20H,6-9,12H2,1H3. The third kappa shape index (κ3) is 3.21. The van der Waals surface area contributed by atoms with Crippen molar-refractivity contribution in [2.75, 3.05) is 38.2 Å². The zero-order chi connectivity index (χ0) is 17.2. The lowest BCUT2D eigenvalue weighted by atomic mass is 10.2. The maximum absolute atomic E-state index is 5.22. The largest absolute Gasteiger partial charge is 0.497 e. The summed E-state index contributed by atoms with van der Waals surface area (Å²) < 4.78 is 8.19. The van der Waals surface area contributed by atoms with Crippen LogP contribution in [0.1, 0.15) is 5.56 Å². The lowest BCUT2D eigenvalue weighted by molar-refractivity contribution is 0.414. The first-order valence-corrected chi connectivity index (χ1v) is 9.14. The van der Waals surface area contributed by atoms with Crippen LogP contribution < -0.4 is 15.0 Å². The average molecular weight is 402 g/mol. The number of nitrogens with zero attached hydrogens (tertiary/aromatic N) is 4. The molecule has 1 aliphatic heterocycles. The van der Waals surface area contributed by atoms with Crippen molar-refractivity contribution in [3.63, 3.8) is 0 Å². The van der Waals surface area contributed by atoms with E-state index in [4.69, 9.17) is 4.74 Å². The van der Waals surface area contributed by atoms with Crippen LogP contribution in [0.15, 0.2) is 41.1 Å². The van der Waals surface area contributed by atoms with Gasteiger partial charge in [0.15, 0.2) is 5.65 Å². The third-order valence-electron chi connectivity index (χ3n) is 4.52. The van der Waals surface area contributed by atoms with Crippen molar-refractivity contribution < 1.29 is 4.74 Å². The van der Waals surface area contributed by atoms with Gasteiger partial charge in [-0.2, -0.15) is 5.10 Å². The number of halogens is 1. The molecule has 0 spiro atoms. The number of rotatable bonds is 4. The van der Waals surface area contributed by atoms with E-state index < -0.39 is 0 Å². The second kappa shape index (κ2) is 7.01. The summed E-state index contributed by atoms with van der Waals surface area (Å²) in [5, 5.41) is 9.07. The Bertz CT molecular complexity index is 871. The summed E-state index contributed by atoms with van der Waals surface area (Å²) in [6.07, 6.45) is 3.81. The number of methoxy groups -OCH3 is 1. The van der Waals surface area contributed by atoms with Crippen LogP contribution in [0.4, 0.5) is 5.69 Å². The van der Waals surface area contributed by atoms with Crippen molar-refractivity contribution in [1.82, 2.24) is 20.1 Å². The van der Waals surface area contributed by atoms with Gasteiger partial charge >= 0.3 is 0 Å². The number of hydrogen-bond donors (Lipinski definition) is 1. The Morgan fingerprint density at radius 3 is 2.64 bits per heavy atom. The predicted octanol–water partition coefficient (Wildman–Crippen LogP) is 2.66. The van der Waals surface area contributed by atoms with E-state index in [1.54, 1.807) is 7.11 Å². The van der Waals surface area contributed by atoms with Crippen molar-refractivity contribution in [3.8, 4) is 5.75 Å². The quantitative estimate of drug-likeness (QED) is 0.728. The Hall–Kier alpha value is -2.12. The summed E-state index contributed by atoms with van der Waals surface area (Å²) in [4.78, 5) is 7.01. The first-order valence-electron chi connectivity index (χ1n) is 8.35. The number of piperazine rings is 1. The van der Waals surface area contributed by atoms with E-state index in [1.165, 1.54) is 11.3 Å². The summed E-state index contributed by atoms with van der Waals surface area (Å²) in [7, 11) is 1.68. The molecule has 7 heteroatoms. The summed E-state index contributed by atoms with van der Waals surface area (Å²) in [6.45, 7) is 4.65. The van der Waals surface area contributed by atoms with Gasteiger partial charge in [0.05, 0.1) is 35.4 Å². The van der Waals surface area contributed by atoms with E-state index in [1.807, 2.05) is 29.2 Å². The SMILES string of the molecule is COc1ccc(Cn2ncc3c(N4CCNCC4)c(Br)cnc32)cc1. The number of benzene rings is 1. The maximum Gasteiger partial charge on any atom is 0.160 e. The van der Waals surface area contributed by atoms with Crippen molar-refractivity contribution >= 4 is 32.7 Å². The molecule has 1 N–H and O–H groups in total. The van der Waals surface area contributed by atoms with Gasteiger partial charge in [0.25, 0.3) is 0 Å². The minimum absolute atomic E-state index is 0.684. The van der Waals surface area contributed by atoms with Crippen LogP contribution in [-0.4, -0.2) is 48.1 Å². The molecule has 0 unspecified atom stereocenters. The molecule has 130 valence electrons. The minimum Gasteiger partial charge on any atom is -0.497 e. The highest BCUT2D eigenvalue weighted by molar-refractivity contribution is 9.10. The lowest BCUT2D eigenvalue weighted by Crippen LogP contribution is -2.43. The molecule has 1 aliphatic rings. The van der Waals surface area contributed by atoms with E-state index in [0.29, 0.717) is 6.54 Å². The summed E-state index contributed by atoms with van der Waals surface area (Å²) >= 11 is 3.67. The summed E-state index contributed by atoms with van der Waals surface area (Å²) in [6, 6.07) is 8.05. The fourth-order valence-electron chi connectivity index (χ4n) is 3.22. The summed E-state index contributed by atoms with van der Waals surface area (Å²) in [5.41, 5.74) is 3.26. The molecule has 0 bridgehead atoms. The minimum atomic E-state index is 0.684. The van der Waals surface area contributed by atoms with Crippen LogP contribution in [0, 0.1) is 0 Å². The number of hydrogen-bond acceptors (Lipinski definition) is 5. The van der Waals surface area contributed by atoms with Crippen LogP contribution in [-0.2, 0) is 6.54 Å². The van der Waals surface area contributed by atoms with E-state index in [0.717, 1.165) is 47.4 Å². The molecule has 4 rings (SSSR count). The van der Waals surface area contributed by atoms with Gasteiger partial charge in [0.1, 0.15) is 5.75 Å². The Balaban J connectivity index is 1.69. The molecular weight excluding hydrogens is 382 g/mol. The molecule has 1 aromatic carbocycles. The van der Waals surface area contributed by atoms with Gasteiger partial charge in [-0.1, -0.05) is 12.1 Å². The molecule has 0 atom stereocenters. The highest BCUT2D eigenvalue weighted by Gasteiger charge is 2.19. The molecule has 0 amide bonds. The zero-order valence-electron chi connectivity index (χ0n) is 14.1. The fourth-order valence-corrected chi connectivity index (χ4v) is 3.79. The molecule has 2 aromatic heterocycles. The van der Waals surface area contributed by atoms with E-state index in [9.17, 15) is 0 Å². The monoisotopic (exact) mass is 401 g/mol. The smallest absolute Gasteiger partial charge is 0.160 e. The number of anilines is 1. The molecule has 0 saturated carbocycles. The van der Waals surface area contributed by atoms with E-state index in [2.05, 4.69) is 48.4 Å². The van der Waals surface area contributed by atoms with Crippen LogP contribution >= 0.6 is 15.9 Å². The van der Waals surface area contributed by atoms with E-state index in [-0.39, 0.29) is 0 Å². The van der Waals surface area contributed by atoms with Crippen LogP contribution in [0.3, 0.4) is 0 Å². The van der Waals surface area contributed by atoms with Gasteiger partial charge < -0.3 is 15.0 Å². The second-order valence-electron chi connectivity index (χ2n) is 6.08. The Labute approximate surface area is 154 Å². The average Bonchev–Trinajstić information content (AvgIpc) is 3.05. The highest BCUT2D eigenvalue weighted by Crippen LogP contribution is 2.33. The van der Waals surface area contributed by atoms with Crippen molar-refractivity contribution in [2.45, 2.75) is 6.54 Å². The van der Waals surface area contributed by atoms with Crippen molar-refractivity contribution in [2.24, 2.45) is 0 Å². The van der Waals surface area contributed by atoms with Crippen LogP contribution in [0.2, 0.25) is 0 Å². The maximum atomic E-state index is 5.22. The first kappa shape index (κ1) is 16.4. The van der Waals surface area contributed by atoms with Gasteiger partial charge in [-0.05, 0) is 33.6 Å². The fraction of sp³-hybridized carbons (Fsp3) is 0.333.